The molecule has 2 N–H and O–H groups in total. The van der Waals surface area contributed by atoms with Gasteiger partial charge in [0, 0.05) is 16.7 Å². The maximum atomic E-state index is 11.9. The third-order valence-corrected chi connectivity index (χ3v) is 3.64. The largest absolute Gasteiger partial charge is 0.330 e. The molecule has 0 bridgehead atoms. The highest BCUT2D eigenvalue weighted by atomic mass is 32.1. The van der Waals surface area contributed by atoms with Crippen LogP contribution in [0.2, 0.25) is 0 Å². The highest BCUT2D eigenvalue weighted by molar-refractivity contribution is 7.09. The zero-order valence-electron chi connectivity index (χ0n) is 11.1. The van der Waals surface area contributed by atoms with Crippen LogP contribution in [0.15, 0.2) is 5.38 Å². The summed E-state index contributed by atoms with van der Waals surface area (Å²) >= 11 is 1.58. The summed E-state index contributed by atoms with van der Waals surface area (Å²) < 4.78 is 0. The molecule has 0 aliphatic carbocycles. The van der Waals surface area contributed by atoms with Crippen LogP contribution in [-0.2, 0) is 16.6 Å². The van der Waals surface area contributed by atoms with E-state index < -0.39 is 0 Å². The predicted molar refractivity (Wildman–Crippen MR) is 72.4 cm³/mol. The highest BCUT2D eigenvalue weighted by Crippen LogP contribution is 2.24. The van der Waals surface area contributed by atoms with Gasteiger partial charge in [-0.25, -0.2) is 4.98 Å². The van der Waals surface area contributed by atoms with Crippen molar-refractivity contribution in [3.63, 3.8) is 0 Å². The van der Waals surface area contributed by atoms with Gasteiger partial charge < -0.3 is 5.73 Å². The van der Waals surface area contributed by atoms with E-state index >= 15 is 0 Å². The summed E-state index contributed by atoms with van der Waals surface area (Å²) in [5.74, 6) is 0.284. The molecule has 0 saturated carbocycles. The first-order chi connectivity index (χ1) is 7.84. The standard InChI is InChI=1S/C13H22N2OS/c1-9(5-6-14)10(16)7-12-15-11(8-17-12)13(2,3)4/h8-9H,5-7,14H2,1-4H3. The Bertz CT molecular complexity index is 379. The Morgan fingerprint density at radius 1 is 1.53 bits per heavy atom. The number of carbonyl (C=O) groups excluding carboxylic acids is 1. The van der Waals surface area contributed by atoms with Crippen molar-refractivity contribution in [1.82, 2.24) is 4.98 Å². The Balaban J connectivity index is 2.64. The lowest BCUT2D eigenvalue weighted by Gasteiger charge is -2.14. The first-order valence-electron chi connectivity index (χ1n) is 6.02. The van der Waals surface area contributed by atoms with Gasteiger partial charge in [0.25, 0.3) is 0 Å². The van der Waals surface area contributed by atoms with Crippen LogP contribution in [0, 0.1) is 5.92 Å². The van der Waals surface area contributed by atoms with Crippen LogP contribution < -0.4 is 5.73 Å². The lowest BCUT2D eigenvalue weighted by Crippen LogP contribution is -2.17. The van der Waals surface area contributed by atoms with Crippen molar-refractivity contribution in [3.8, 4) is 0 Å². The minimum absolute atomic E-state index is 0.0435. The molecule has 1 unspecified atom stereocenters. The Morgan fingerprint density at radius 3 is 2.65 bits per heavy atom. The Hall–Kier alpha value is -0.740. The van der Waals surface area contributed by atoms with Crippen LogP contribution in [0.25, 0.3) is 0 Å². The first-order valence-corrected chi connectivity index (χ1v) is 6.90. The summed E-state index contributed by atoms with van der Waals surface area (Å²) in [6.45, 7) is 8.89. The van der Waals surface area contributed by atoms with E-state index in [2.05, 4.69) is 31.1 Å². The van der Waals surface area contributed by atoms with E-state index in [0.29, 0.717) is 13.0 Å². The molecule has 17 heavy (non-hydrogen) atoms. The summed E-state index contributed by atoms with van der Waals surface area (Å²) in [7, 11) is 0. The zero-order valence-corrected chi connectivity index (χ0v) is 11.9. The number of hydrogen-bond acceptors (Lipinski definition) is 4. The smallest absolute Gasteiger partial charge is 0.142 e. The third-order valence-electron chi connectivity index (χ3n) is 2.79. The van der Waals surface area contributed by atoms with E-state index in [9.17, 15) is 4.79 Å². The molecule has 1 aromatic heterocycles. The van der Waals surface area contributed by atoms with Gasteiger partial charge in [-0.1, -0.05) is 27.7 Å². The normalized spacial score (nSPS) is 13.7. The van der Waals surface area contributed by atoms with Crippen LogP contribution in [0.5, 0.6) is 0 Å². The van der Waals surface area contributed by atoms with E-state index in [4.69, 9.17) is 5.73 Å². The molecule has 0 aliphatic rings. The molecule has 0 spiro atoms. The first kappa shape index (κ1) is 14.3. The fourth-order valence-electron chi connectivity index (χ4n) is 1.47. The Labute approximate surface area is 107 Å². The van der Waals surface area contributed by atoms with Crippen LogP contribution in [0.3, 0.4) is 0 Å². The minimum atomic E-state index is 0.0435. The molecule has 0 fully saturated rings. The number of rotatable bonds is 5. The average molecular weight is 254 g/mol. The number of aromatic nitrogens is 1. The average Bonchev–Trinajstić information content (AvgIpc) is 2.66. The fraction of sp³-hybridized carbons (Fsp3) is 0.692. The molecule has 1 atom stereocenters. The molecule has 1 heterocycles. The second kappa shape index (κ2) is 5.74. The number of hydrogen-bond donors (Lipinski definition) is 1. The zero-order chi connectivity index (χ0) is 13.1. The second-order valence-corrected chi connectivity index (χ2v) is 6.44. The third kappa shape index (κ3) is 4.21. The van der Waals surface area contributed by atoms with Crippen molar-refractivity contribution in [2.75, 3.05) is 6.54 Å². The molecular weight excluding hydrogens is 232 g/mol. The van der Waals surface area contributed by atoms with Crippen LogP contribution in [0.4, 0.5) is 0 Å². The minimum Gasteiger partial charge on any atom is -0.330 e. The molecule has 0 aromatic carbocycles. The quantitative estimate of drug-likeness (QED) is 0.878. The second-order valence-electron chi connectivity index (χ2n) is 5.50. The molecular formula is C13H22N2OS. The molecule has 1 aromatic rings. The summed E-state index contributed by atoms with van der Waals surface area (Å²) in [5.41, 5.74) is 6.58. The summed E-state index contributed by atoms with van der Waals surface area (Å²) in [6.07, 6.45) is 1.21. The lowest BCUT2D eigenvalue weighted by molar-refractivity contribution is -0.121. The van der Waals surface area contributed by atoms with Gasteiger partial charge in [0.05, 0.1) is 12.1 Å². The molecule has 96 valence electrons. The maximum absolute atomic E-state index is 11.9. The maximum Gasteiger partial charge on any atom is 0.142 e. The summed E-state index contributed by atoms with van der Waals surface area (Å²) in [5, 5.41) is 2.97. The molecule has 3 nitrogen and oxygen atoms in total. The fourth-order valence-corrected chi connectivity index (χ4v) is 2.50. The van der Waals surface area contributed by atoms with E-state index in [0.717, 1.165) is 17.1 Å². The van der Waals surface area contributed by atoms with Gasteiger partial charge in [-0.05, 0) is 13.0 Å². The van der Waals surface area contributed by atoms with Crippen molar-refractivity contribution in [3.05, 3.63) is 16.1 Å². The van der Waals surface area contributed by atoms with Crippen LogP contribution >= 0.6 is 11.3 Å². The molecule has 0 aliphatic heterocycles. The van der Waals surface area contributed by atoms with Crippen LogP contribution in [0.1, 0.15) is 44.8 Å². The number of ketones is 1. The molecule has 0 amide bonds. The molecule has 4 heteroatoms. The Kier molecular flexibility index (Phi) is 4.83. The van der Waals surface area contributed by atoms with Gasteiger partial charge in [0.1, 0.15) is 10.8 Å². The van der Waals surface area contributed by atoms with Crippen molar-refractivity contribution in [2.24, 2.45) is 11.7 Å². The van der Waals surface area contributed by atoms with Crippen molar-refractivity contribution in [2.45, 2.75) is 46.0 Å². The predicted octanol–water partition coefficient (Wildman–Crippen LogP) is 2.54. The Morgan fingerprint density at radius 2 is 2.18 bits per heavy atom. The number of carbonyl (C=O) groups is 1. The monoisotopic (exact) mass is 254 g/mol. The SMILES string of the molecule is CC(CCN)C(=O)Cc1nc(C(C)(C)C)cs1. The van der Waals surface area contributed by atoms with Gasteiger partial charge in [-0.3, -0.25) is 4.79 Å². The van der Waals surface area contributed by atoms with E-state index in [1.807, 2.05) is 6.92 Å². The highest BCUT2D eigenvalue weighted by Gasteiger charge is 2.19. The van der Waals surface area contributed by atoms with Crippen molar-refractivity contribution in [1.29, 1.82) is 0 Å². The topological polar surface area (TPSA) is 56.0 Å². The lowest BCUT2D eigenvalue weighted by atomic mass is 9.93. The number of Topliss-reactive ketones (excluding diaryl/α,β-unsaturated/α-hetero) is 1. The summed E-state index contributed by atoms with van der Waals surface area (Å²) in [4.78, 5) is 16.4. The van der Waals surface area contributed by atoms with E-state index in [1.54, 1.807) is 11.3 Å². The van der Waals surface area contributed by atoms with Gasteiger partial charge in [0.15, 0.2) is 0 Å². The van der Waals surface area contributed by atoms with E-state index in [1.165, 1.54) is 0 Å². The molecule has 0 radical (unpaired) electrons. The van der Waals surface area contributed by atoms with Crippen molar-refractivity contribution >= 4 is 17.1 Å². The summed E-state index contributed by atoms with van der Waals surface area (Å²) in [6, 6.07) is 0. The number of nitrogens with two attached hydrogens (primary N) is 1. The van der Waals surface area contributed by atoms with Gasteiger partial charge in [-0.15, -0.1) is 11.3 Å². The van der Waals surface area contributed by atoms with Gasteiger partial charge in [-0.2, -0.15) is 0 Å². The number of nitrogens with zero attached hydrogens (tertiary/aromatic N) is 1. The van der Waals surface area contributed by atoms with Crippen LogP contribution in [-0.4, -0.2) is 17.3 Å². The number of thiazole rings is 1. The van der Waals surface area contributed by atoms with Gasteiger partial charge in [0.2, 0.25) is 0 Å². The molecule has 0 saturated heterocycles. The van der Waals surface area contributed by atoms with Crippen molar-refractivity contribution < 1.29 is 4.79 Å². The van der Waals surface area contributed by atoms with E-state index in [-0.39, 0.29) is 17.1 Å². The molecule has 1 rings (SSSR count). The van der Waals surface area contributed by atoms with Gasteiger partial charge >= 0.3 is 0 Å².